The standard InChI is InChI=1S/C17H9Cl4NO2/c18-9-1-3-12(20)11(7-9)15-5-6-16(24-15)17(23)22-14-4-2-10(19)8-13(14)21/h1-8H,(H,22,23). The van der Waals surface area contributed by atoms with Crippen LogP contribution in [0.15, 0.2) is 52.9 Å². The number of hydrogen-bond donors (Lipinski definition) is 1. The third-order valence-electron chi connectivity index (χ3n) is 3.20. The third kappa shape index (κ3) is 3.70. The first kappa shape index (κ1) is 17.2. The minimum atomic E-state index is -0.441. The van der Waals surface area contributed by atoms with E-state index in [2.05, 4.69) is 5.32 Å². The second-order valence-electron chi connectivity index (χ2n) is 4.87. The molecule has 0 saturated carbocycles. The Hall–Kier alpha value is -1.65. The van der Waals surface area contributed by atoms with E-state index in [1.807, 2.05) is 0 Å². The number of amides is 1. The van der Waals surface area contributed by atoms with Crippen molar-refractivity contribution in [1.82, 2.24) is 0 Å². The van der Waals surface area contributed by atoms with Crippen LogP contribution in [0.3, 0.4) is 0 Å². The average Bonchev–Trinajstić information content (AvgIpc) is 3.02. The maximum Gasteiger partial charge on any atom is 0.291 e. The van der Waals surface area contributed by atoms with Gasteiger partial charge in [0.2, 0.25) is 0 Å². The van der Waals surface area contributed by atoms with Gasteiger partial charge in [0.05, 0.1) is 15.7 Å². The monoisotopic (exact) mass is 399 g/mol. The van der Waals surface area contributed by atoms with E-state index in [0.29, 0.717) is 37.1 Å². The van der Waals surface area contributed by atoms with Gasteiger partial charge in [0, 0.05) is 15.6 Å². The van der Waals surface area contributed by atoms with Crippen LogP contribution in [0.5, 0.6) is 0 Å². The van der Waals surface area contributed by atoms with Crippen molar-refractivity contribution >= 4 is 58.0 Å². The van der Waals surface area contributed by atoms with E-state index < -0.39 is 5.91 Å². The lowest BCUT2D eigenvalue weighted by molar-refractivity contribution is 0.0997. The van der Waals surface area contributed by atoms with Crippen molar-refractivity contribution in [3.8, 4) is 11.3 Å². The fraction of sp³-hybridized carbons (Fsp3) is 0. The van der Waals surface area contributed by atoms with Crippen LogP contribution in [0.2, 0.25) is 20.1 Å². The minimum Gasteiger partial charge on any atom is -0.451 e. The van der Waals surface area contributed by atoms with Gasteiger partial charge in [0.25, 0.3) is 5.91 Å². The zero-order chi connectivity index (χ0) is 17.3. The summed E-state index contributed by atoms with van der Waals surface area (Å²) in [6, 6.07) is 13.0. The summed E-state index contributed by atoms with van der Waals surface area (Å²) in [6.07, 6.45) is 0. The summed E-state index contributed by atoms with van der Waals surface area (Å²) in [6.45, 7) is 0. The highest BCUT2D eigenvalue weighted by atomic mass is 35.5. The number of halogens is 4. The van der Waals surface area contributed by atoms with Gasteiger partial charge in [-0.1, -0.05) is 46.4 Å². The molecule has 1 heterocycles. The Bertz CT molecular complexity index is 921. The summed E-state index contributed by atoms with van der Waals surface area (Å²) < 4.78 is 5.58. The Balaban J connectivity index is 1.85. The van der Waals surface area contributed by atoms with E-state index in [9.17, 15) is 4.79 Å². The molecule has 0 aliphatic carbocycles. The van der Waals surface area contributed by atoms with Crippen molar-refractivity contribution in [2.45, 2.75) is 0 Å². The first-order chi connectivity index (χ1) is 11.4. The van der Waals surface area contributed by atoms with Crippen molar-refractivity contribution in [3.05, 3.63) is 74.4 Å². The zero-order valence-corrected chi connectivity index (χ0v) is 15.0. The van der Waals surface area contributed by atoms with Crippen molar-refractivity contribution in [2.75, 3.05) is 5.32 Å². The lowest BCUT2D eigenvalue weighted by Crippen LogP contribution is -2.11. The predicted molar refractivity (Wildman–Crippen MR) is 98.6 cm³/mol. The first-order valence-electron chi connectivity index (χ1n) is 6.76. The number of carbonyl (C=O) groups is 1. The summed E-state index contributed by atoms with van der Waals surface area (Å²) in [5.41, 5.74) is 1.04. The number of benzene rings is 2. The Morgan fingerprint density at radius 3 is 2.29 bits per heavy atom. The van der Waals surface area contributed by atoms with E-state index in [1.54, 1.807) is 42.5 Å². The molecule has 0 saturated heterocycles. The van der Waals surface area contributed by atoms with Crippen molar-refractivity contribution in [1.29, 1.82) is 0 Å². The van der Waals surface area contributed by atoms with Crippen LogP contribution in [0.1, 0.15) is 10.6 Å². The summed E-state index contributed by atoms with van der Waals surface area (Å²) in [5.74, 6) is 0.116. The fourth-order valence-electron chi connectivity index (χ4n) is 2.07. The smallest absolute Gasteiger partial charge is 0.291 e. The van der Waals surface area contributed by atoms with Gasteiger partial charge in [-0.15, -0.1) is 0 Å². The van der Waals surface area contributed by atoms with Crippen LogP contribution >= 0.6 is 46.4 Å². The van der Waals surface area contributed by atoms with Crippen LogP contribution in [-0.2, 0) is 0 Å². The van der Waals surface area contributed by atoms with Crippen LogP contribution in [0, 0.1) is 0 Å². The van der Waals surface area contributed by atoms with Crippen LogP contribution in [0.25, 0.3) is 11.3 Å². The summed E-state index contributed by atoms with van der Waals surface area (Å²) >= 11 is 24.0. The molecule has 7 heteroatoms. The van der Waals surface area contributed by atoms with E-state index >= 15 is 0 Å². The first-order valence-corrected chi connectivity index (χ1v) is 8.27. The normalized spacial score (nSPS) is 10.7. The van der Waals surface area contributed by atoms with Gasteiger partial charge in [-0.3, -0.25) is 4.79 Å². The lowest BCUT2D eigenvalue weighted by atomic mass is 10.2. The van der Waals surface area contributed by atoms with E-state index in [-0.39, 0.29) is 5.76 Å². The van der Waals surface area contributed by atoms with E-state index in [0.717, 1.165) is 0 Å². The van der Waals surface area contributed by atoms with E-state index in [1.165, 1.54) is 6.07 Å². The molecule has 1 aromatic heterocycles. The molecule has 0 spiro atoms. The maximum absolute atomic E-state index is 12.3. The number of furan rings is 1. The van der Waals surface area contributed by atoms with Gasteiger partial charge in [-0.2, -0.15) is 0 Å². The molecule has 0 fully saturated rings. The average molecular weight is 401 g/mol. The molecule has 24 heavy (non-hydrogen) atoms. The van der Waals surface area contributed by atoms with Crippen LogP contribution in [-0.4, -0.2) is 5.91 Å². The number of hydrogen-bond acceptors (Lipinski definition) is 2. The molecule has 1 amide bonds. The Morgan fingerprint density at radius 2 is 1.54 bits per heavy atom. The molecule has 3 rings (SSSR count). The third-order valence-corrected chi connectivity index (χ3v) is 4.32. The molecule has 0 unspecified atom stereocenters. The van der Waals surface area contributed by atoms with Gasteiger partial charge < -0.3 is 9.73 Å². The highest BCUT2D eigenvalue weighted by molar-refractivity contribution is 6.37. The molecule has 2 aromatic carbocycles. The number of rotatable bonds is 3. The Morgan fingerprint density at radius 1 is 0.833 bits per heavy atom. The SMILES string of the molecule is O=C(Nc1ccc(Cl)cc1Cl)c1ccc(-c2cc(Cl)ccc2Cl)o1. The maximum atomic E-state index is 12.3. The summed E-state index contributed by atoms with van der Waals surface area (Å²) in [4.78, 5) is 12.3. The lowest BCUT2D eigenvalue weighted by Gasteiger charge is -2.06. The molecule has 3 aromatic rings. The van der Waals surface area contributed by atoms with Crippen molar-refractivity contribution in [3.63, 3.8) is 0 Å². The van der Waals surface area contributed by atoms with Crippen molar-refractivity contribution < 1.29 is 9.21 Å². The molecule has 0 aliphatic heterocycles. The molecule has 1 N–H and O–H groups in total. The molecule has 0 aliphatic rings. The van der Waals surface area contributed by atoms with Crippen LogP contribution in [0.4, 0.5) is 5.69 Å². The summed E-state index contributed by atoms with van der Waals surface area (Å²) in [7, 11) is 0. The predicted octanol–water partition coefficient (Wildman–Crippen LogP) is 6.81. The largest absolute Gasteiger partial charge is 0.451 e. The van der Waals surface area contributed by atoms with Crippen LogP contribution < -0.4 is 5.32 Å². The topological polar surface area (TPSA) is 42.2 Å². The number of anilines is 1. The Kier molecular flexibility index (Phi) is 5.07. The Labute approximate surface area is 158 Å². The van der Waals surface area contributed by atoms with Gasteiger partial charge in [-0.25, -0.2) is 0 Å². The number of nitrogens with one attached hydrogen (secondary N) is 1. The quantitative estimate of drug-likeness (QED) is 0.524. The van der Waals surface area contributed by atoms with Crippen molar-refractivity contribution in [2.24, 2.45) is 0 Å². The second kappa shape index (κ2) is 7.08. The van der Waals surface area contributed by atoms with Gasteiger partial charge in [0.1, 0.15) is 5.76 Å². The van der Waals surface area contributed by atoms with Gasteiger partial charge >= 0.3 is 0 Å². The molecule has 0 atom stereocenters. The summed E-state index contributed by atoms with van der Waals surface area (Å²) in [5, 5.41) is 4.47. The molecule has 0 radical (unpaired) electrons. The highest BCUT2D eigenvalue weighted by Crippen LogP contribution is 2.32. The molecular weight excluding hydrogens is 392 g/mol. The molecule has 0 bridgehead atoms. The highest BCUT2D eigenvalue weighted by Gasteiger charge is 2.15. The molecule has 122 valence electrons. The zero-order valence-electron chi connectivity index (χ0n) is 11.9. The minimum absolute atomic E-state index is 0.118. The second-order valence-corrected chi connectivity index (χ2v) is 6.55. The van der Waals surface area contributed by atoms with Gasteiger partial charge in [0.15, 0.2) is 5.76 Å². The molecular formula is C17H9Cl4NO2. The fourth-order valence-corrected chi connectivity index (χ4v) is 2.90. The van der Waals surface area contributed by atoms with E-state index in [4.69, 9.17) is 50.8 Å². The molecule has 3 nitrogen and oxygen atoms in total. The van der Waals surface area contributed by atoms with Gasteiger partial charge in [-0.05, 0) is 48.5 Å². The number of carbonyl (C=O) groups excluding carboxylic acids is 1.